The molecule has 10 nitrogen and oxygen atoms in total. The van der Waals surface area contributed by atoms with Crippen molar-refractivity contribution in [2.24, 2.45) is 5.92 Å². The van der Waals surface area contributed by atoms with Gasteiger partial charge in [-0.3, -0.25) is 28.9 Å². The standard InChI is InChI=1S/C36H41F3N4O6/c1-19(2)13-28(43-18-22(11-12-41(5)6)26(16-29(43)44)36(37,38)39)33(47)40-27(17-30(45)46)23-14-24(31-20(3)9-8-10-21(31)4)32-25(15-23)34(48)42(7)35(32)49/h8-10,14-16,18-19,27-28H,11-13,17H2,1-7H3,(H,40,47)(H,45,46)/t27-,28-/m1/s1. The third kappa shape index (κ3) is 7.93. The minimum Gasteiger partial charge on any atom is -0.481 e. The van der Waals surface area contributed by atoms with Crippen molar-refractivity contribution < 1.29 is 37.5 Å². The second kappa shape index (κ2) is 14.4. The molecular weight excluding hydrogens is 641 g/mol. The Morgan fingerprint density at radius 2 is 1.57 bits per heavy atom. The van der Waals surface area contributed by atoms with Crippen molar-refractivity contribution in [2.75, 3.05) is 27.7 Å². The second-order valence-electron chi connectivity index (χ2n) is 13.2. The third-order valence-corrected chi connectivity index (χ3v) is 8.69. The number of benzene rings is 2. The van der Waals surface area contributed by atoms with Gasteiger partial charge in [0.1, 0.15) is 6.04 Å². The van der Waals surface area contributed by atoms with Gasteiger partial charge in [0.2, 0.25) is 5.91 Å². The molecule has 49 heavy (non-hydrogen) atoms. The Bertz CT molecular complexity index is 1840. The lowest BCUT2D eigenvalue weighted by molar-refractivity contribution is -0.139. The molecule has 262 valence electrons. The van der Waals surface area contributed by atoms with Crippen LogP contribution in [0.2, 0.25) is 0 Å². The molecule has 1 aromatic heterocycles. The Labute approximate surface area is 282 Å². The number of aliphatic carboxylic acids is 1. The summed E-state index contributed by atoms with van der Waals surface area (Å²) in [4.78, 5) is 68.7. The lowest BCUT2D eigenvalue weighted by Gasteiger charge is -2.27. The van der Waals surface area contributed by atoms with Crippen molar-refractivity contribution in [3.8, 4) is 11.1 Å². The number of rotatable bonds is 12. The van der Waals surface area contributed by atoms with Crippen LogP contribution in [0.25, 0.3) is 11.1 Å². The fourth-order valence-electron chi connectivity index (χ4n) is 6.27. The van der Waals surface area contributed by atoms with Gasteiger partial charge >= 0.3 is 12.1 Å². The van der Waals surface area contributed by atoms with Crippen LogP contribution in [0.1, 0.15) is 87.3 Å². The number of carboxylic acids is 1. The van der Waals surface area contributed by atoms with Crippen LogP contribution in [0.5, 0.6) is 0 Å². The Balaban J connectivity index is 1.87. The number of hydrogen-bond acceptors (Lipinski definition) is 6. The van der Waals surface area contributed by atoms with E-state index in [0.29, 0.717) is 17.2 Å². The number of nitrogens with one attached hydrogen (secondary N) is 1. The molecule has 2 aromatic carbocycles. The molecule has 13 heteroatoms. The Morgan fingerprint density at radius 3 is 2.12 bits per heavy atom. The number of imide groups is 1. The summed E-state index contributed by atoms with van der Waals surface area (Å²) in [5.41, 5.74) is 0.863. The number of carbonyl (C=O) groups is 4. The fraction of sp³-hybridized carbons (Fsp3) is 0.417. The normalized spacial score (nSPS) is 14.4. The summed E-state index contributed by atoms with van der Waals surface area (Å²) in [5, 5.41) is 12.6. The number of amides is 3. The lowest BCUT2D eigenvalue weighted by Crippen LogP contribution is -2.40. The molecule has 2 N–H and O–H groups in total. The molecule has 0 radical (unpaired) electrons. The summed E-state index contributed by atoms with van der Waals surface area (Å²) in [6.45, 7) is 7.50. The molecule has 0 aliphatic carbocycles. The maximum absolute atomic E-state index is 14.1. The van der Waals surface area contributed by atoms with Crippen molar-refractivity contribution in [1.82, 2.24) is 19.7 Å². The van der Waals surface area contributed by atoms with E-state index in [0.717, 1.165) is 26.8 Å². The number of hydrogen-bond donors (Lipinski definition) is 2. The summed E-state index contributed by atoms with van der Waals surface area (Å²) < 4.78 is 42.9. The molecule has 3 amide bonds. The number of likely N-dealkylation sites (N-methyl/N-ethyl adjacent to an activating group) is 1. The van der Waals surface area contributed by atoms with Crippen LogP contribution in [-0.2, 0) is 22.2 Å². The number of nitrogens with zero attached hydrogens (tertiary/aromatic N) is 3. The molecular formula is C36H41F3N4O6. The maximum Gasteiger partial charge on any atom is 0.416 e. The number of carboxylic acid groups (broad SMARTS) is 1. The molecule has 0 fully saturated rings. The molecule has 1 aliphatic heterocycles. The summed E-state index contributed by atoms with van der Waals surface area (Å²) in [7, 11) is 4.75. The van der Waals surface area contributed by atoms with E-state index in [4.69, 9.17) is 0 Å². The number of halogens is 3. The summed E-state index contributed by atoms with van der Waals surface area (Å²) in [6.07, 6.45) is -4.34. The van der Waals surface area contributed by atoms with Crippen LogP contribution < -0.4 is 10.9 Å². The fourth-order valence-corrected chi connectivity index (χ4v) is 6.27. The van der Waals surface area contributed by atoms with Crippen LogP contribution in [-0.4, -0.2) is 70.9 Å². The van der Waals surface area contributed by atoms with Crippen molar-refractivity contribution >= 4 is 23.7 Å². The summed E-state index contributed by atoms with van der Waals surface area (Å²) in [5.74, 6) is -3.37. The number of carbonyl (C=O) groups excluding carboxylic acids is 3. The van der Waals surface area contributed by atoms with E-state index in [2.05, 4.69) is 5.32 Å². The van der Waals surface area contributed by atoms with Gasteiger partial charge in [-0.1, -0.05) is 32.0 Å². The maximum atomic E-state index is 14.1. The number of pyridine rings is 1. The first-order valence-electron chi connectivity index (χ1n) is 15.9. The number of fused-ring (bicyclic) bond motifs is 1. The quantitative estimate of drug-likeness (QED) is 0.245. The van der Waals surface area contributed by atoms with E-state index in [1.54, 1.807) is 38.9 Å². The van der Waals surface area contributed by atoms with E-state index < -0.39 is 59.5 Å². The highest BCUT2D eigenvalue weighted by atomic mass is 19.4. The zero-order valence-electron chi connectivity index (χ0n) is 28.6. The van der Waals surface area contributed by atoms with Gasteiger partial charge in [0.25, 0.3) is 17.4 Å². The molecule has 2 heterocycles. The average Bonchev–Trinajstić information content (AvgIpc) is 3.21. The number of aromatic nitrogens is 1. The van der Waals surface area contributed by atoms with Gasteiger partial charge in [-0.05, 0) is 92.2 Å². The highest BCUT2D eigenvalue weighted by Crippen LogP contribution is 2.39. The Morgan fingerprint density at radius 1 is 0.959 bits per heavy atom. The molecule has 0 spiro atoms. The van der Waals surface area contributed by atoms with E-state index in [1.807, 2.05) is 32.0 Å². The smallest absolute Gasteiger partial charge is 0.416 e. The zero-order valence-corrected chi connectivity index (χ0v) is 28.6. The molecule has 0 saturated heterocycles. The Kier molecular flexibility index (Phi) is 10.9. The van der Waals surface area contributed by atoms with Crippen LogP contribution in [0.15, 0.2) is 47.4 Å². The van der Waals surface area contributed by atoms with Crippen molar-refractivity contribution in [3.63, 3.8) is 0 Å². The Hall–Kier alpha value is -4.78. The summed E-state index contributed by atoms with van der Waals surface area (Å²) >= 11 is 0. The third-order valence-electron chi connectivity index (χ3n) is 8.69. The first-order chi connectivity index (χ1) is 22.8. The average molecular weight is 683 g/mol. The van der Waals surface area contributed by atoms with E-state index in [1.165, 1.54) is 13.1 Å². The van der Waals surface area contributed by atoms with Gasteiger partial charge in [-0.25, -0.2) is 0 Å². The predicted molar refractivity (Wildman–Crippen MR) is 177 cm³/mol. The SMILES string of the molecule is Cc1cccc(C)c1-c1cc([C@@H](CC(=O)O)NC(=O)[C@@H](CC(C)C)n2cc(CCN(C)C)c(C(F)(F)F)cc2=O)cc2c1C(=O)N(C)C2=O. The van der Waals surface area contributed by atoms with E-state index >= 15 is 0 Å². The van der Waals surface area contributed by atoms with Crippen LogP contribution in [0.3, 0.4) is 0 Å². The molecule has 0 saturated carbocycles. The van der Waals surface area contributed by atoms with Gasteiger partial charge in [-0.15, -0.1) is 0 Å². The molecule has 3 aromatic rings. The highest BCUT2D eigenvalue weighted by Gasteiger charge is 2.38. The highest BCUT2D eigenvalue weighted by molar-refractivity contribution is 6.24. The van der Waals surface area contributed by atoms with Crippen LogP contribution in [0, 0.1) is 19.8 Å². The lowest BCUT2D eigenvalue weighted by atomic mass is 9.87. The van der Waals surface area contributed by atoms with Gasteiger partial charge in [0.05, 0.1) is 29.2 Å². The summed E-state index contributed by atoms with van der Waals surface area (Å²) in [6, 6.07) is 6.48. The monoisotopic (exact) mass is 682 g/mol. The van der Waals surface area contributed by atoms with Gasteiger partial charge in [0.15, 0.2) is 0 Å². The minimum absolute atomic E-state index is 0.0444. The number of alkyl halides is 3. The van der Waals surface area contributed by atoms with Gasteiger partial charge in [0, 0.05) is 25.9 Å². The molecule has 0 bridgehead atoms. The first kappa shape index (κ1) is 37.0. The molecule has 2 atom stereocenters. The van der Waals surface area contributed by atoms with Gasteiger partial charge in [-0.2, -0.15) is 13.2 Å². The van der Waals surface area contributed by atoms with Crippen LogP contribution >= 0.6 is 0 Å². The van der Waals surface area contributed by atoms with Crippen molar-refractivity contribution in [3.05, 3.63) is 91.9 Å². The van der Waals surface area contributed by atoms with E-state index in [-0.39, 0.29) is 47.6 Å². The predicted octanol–water partition coefficient (Wildman–Crippen LogP) is 5.40. The minimum atomic E-state index is -4.80. The topological polar surface area (TPSA) is 129 Å². The van der Waals surface area contributed by atoms with Crippen molar-refractivity contribution in [1.29, 1.82) is 0 Å². The van der Waals surface area contributed by atoms with Crippen LogP contribution in [0.4, 0.5) is 13.2 Å². The second-order valence-corrected chi connectivity index (χ2v) is 13.2. The van der Waals surface area contributed by atoms with Crippen molar-refractivity contribution in [2.45, 2.75) is 65.2 Å². The molecule has 4 rings (SSSR count). The molecule has 1 aliphatic rings. The largest absolute Gasteiger partial charge is 0.481 e. The number of aryl methyl sites for hydroxylation is 2. The van der Waals surface area contributed by atoms with E-state index in [9.17, 15) is 42.3 Å². The molecule has 0 unspecified atom stereocenters. The van der Waals surface area contributed by atoms with Gasteiger partial charge < -0.3 is 19.9 Å². The zero-order chi connectivity index (χ0) is 36.5. The first-order valence-corrected chi connectivity index (χ1v) is 15.9.